The number of rotatable bonds is 8. The van der Waals surface area contributed by atoms with Crippen LogP contribution in [0.15, 0.2) is 17.5 Å². The molecule has 16 heavy (non-hydrogen) atoms. The van der Waals surface area contributed by atoms with E-state index in [4.69, 9.17) is 0 Å². The molecule has 3 heteroatoms. The molecule has 1 aromatic heterocycles. The SMILES string of the molecule is CCCCCCCNC(=O)Cc1cccs1. The molecule has 2 nitrogen and oxygen atoms in total. The molecule has 1 heterocycles. The van der Waals surface area contributed by atoms with Crippen LogP contribution in [0.25, 0.3) is 0 Å². The highest BCUT2D eigenvalue weighted by molar-refractivity contribution is 7.10. The Labute approximate surface area is 102 Å². The Morgan fingerprint density at radius 3 is 2.81 bits per heavy atom. The molecule has 0 spiro atoms. The highest BCUT2D eigenvalue weighted by atomic mass is 32.1. The summed E-state index contributed by atoms with van der Waals surface area (Å²) in [7, 11) is 0. The van der Waals surface area contributed by atoms with E-state index in [-0.39, 0.29) is 5.91 Å². The Morgan fingerprint density at radius 2 is 2.12 bits per heavy atom. The number of nitrogens with one attached hydrogen (secondary N) is 1. The Hall–Kier alpha value is -0.830. The number of hydrogen-bond donors (Lipinski definition) is 1. The predicted octanol–water partition coefficient (Wildman–Crippen LogP) is 3.38. The summed E-state index contributed by atoms with van der Waals surface area (Å²) in [5.41, 5.74) is 0. The summed E-state index contributed by atoms with van der Waals surface area (Å²) in [4.78, 5) is 12.6. The standard InChI is InChI=1S/C13H21NOS/c1-2-3-4-5-6-9-14-13(15)11-12-8-7-10-16-12/h7-8,10H,2-6,9,11H2,1H3,(H,14,15). The number of carbonyl (C=O) groups excluding carboxylic acids is 1. The van der Waals surface area contributed by atoms with Crippen LogP contribution in [-0.2, 0) is 11.2 Å². The minimum Gasteiger partial charge on any atom is -0.356 e. The molecule has 0 atom stereocenters. The van der Waals surface area contributed by atoms with Crippen molar-refractivity contribution in [2.75, 3.05) is 6.54 Å². The zero-order chi connectivity index (χ0) is 11.6. The fraction of sp³-hybridized carbons (Fsp3) is 0.615. The van der Waals surface area contributed by atoms with E-state index >= 15 is 0 Å². The number of hydrogen-bond acceptors (Lipinski definition) is 2. The fourth-order valence-electron chi connectivity index (χ4n) is 1.59. The van der Waals surface area contributed by atoms with E-state index in [1.54, 1.807) is 11.3 Å². The largest absolute Gasteiger partial charge is 0.356 e. The van der Waals surface area contributed by atoms with Crippen LogP contribution in [0.2, 0.25) is 0 Å². The van der Waals surface area contributed by atoms with E-state index in [1.165, 1.54) is 25.7 Å². The summed E-state index contributed by atoms with van der Waals surface area (Å²) in [6.07, 6.45) is 6.74. The number of unbranched alkanes of at least 4 members (excludes halogenated alkanes) is 4. The van der Waals surface area contributed by atoms with E-state index in [1.807, 2.05) is 17.5 Å². The van der Waals surface area contributed by atoms with E-state index in [0.717, 1.165) is 17.8 Å². The molecule has 0 fully saturated rings. The van der Waals surface area contributed by atoms with Crippen molar-refractivity contribution in [3.8, 4) is 0 Å². The van der Waals surface area contributed by atoms with Crippen molar-refractivity contribution in [1.82, 2.24) is 5.32 Å². The van der Waals surface area contributed by atoms with Crippen LogP contribution in [-0.4, -0.2) is 12.5 Å². The van der Waals surface area contributed by atoms with Gasteiger partial charge in [-0.3, -0.25) is 4.79 Å². The summed E-state index contributed by atoms with van der Waals surface area (Å²) in [6.45, 7) is 3.04. The third-order valence-corrected chi connectivity index (χ3v) is 3.39. The van der Waals surface area contributed by atoms with Gasteiger partial charge in [0.2, 0.25) is 5.91 Å². The van der Waals surface area contributed by atoms with E-state index < -0.39 is 0 Å². The highest BCUT2D eigenvalue weighted by Gasteiger charge is 2.02. The highest BCUT2D eigenvalue weighted by Crippen LogP contribution is 2.08. The van der Waals surface area contributed by atoms with Crippen molar-refractivity contribution >= 4 is 17.2 Å². The molecule has 0 bridgehead atoms. The molecule has 0 unspecified atom stereocenters. The Bertz CT molecular complexity index is 282. The lowest BCUT2D eigenvalue weighted by Crippen LogP contribution is -2.25. The lowest BCUT2D eigenvalue weighted by atomic mass is 10.1. The normalized spacial score (nSPS) is 10.3. The van der Waals surface area contributed by atoms with Crippen LogP contribution in [0.4, 0.5) is 0 Å². The summed E-state index contributed by atoms with van der Waals surface area (Å²) in [5, 5.41) is 4.97. The van der Waals surface area contributed by atoms with E-state index in [0.29, 0.717) is 6.42 Å². The van der Waals surface area contributed by atoms with Crippen molar-refractivity contribution in [2.24, 2.45) is 0 Å². The van der Waals surface area contributed by atoms with Crippen molar-refractivity contribution in [3.63, 3.8) is 0 Å². The second-order valence-corrected chi connectivity index (χ2v) is 5.05. The maximum atomic E-state index is 11.5. The second-order valence-electron chi connectivity index (χ2n) is 4.02. The number of amides is 1. The van der Waals surface area contributed by atoms with Gasteiger partial charge in [0.05, 0.1) is 6.42 Å². The van der Waals surface area contributed by atoms with Gasteiger partial charge in [0, 0.05) is 11.4 Å². The predicted molar refractivity (Wildman–Crippen MR) is 69.8 cm³/mol. The molecular formula is C13H21NOS. The lowest BCUT2D eigenvalue weighted by Gasteiger charge is -2.03. The van der Waals surface area contributed by atoms with Crippen LogP contribution in [0.5, 0.6) is 0 Å². The van der Waals surface area contributed by atoms with Crippen molar-refractivity contribution in [2.45, 2.75) is 45.4 Å². The molecule has 0 radical (unpaired) electrons. The van der Waals surface area contributed by atoms with Crippen molar-refractivity contribution in [1.29, 1.82) is 0 Å². The summed E-state index contributed by atoms with van der Waals surface area (Å²) in [5.74, 6) is 0.151. The molecular weight excluding hydrogens is 218 g/mol. The smallest absolute Gasteiger partial charge is 0.225 e. The molecule has 1 aromatic rings. The summed E-state index contributed by atoms with van der Waals surface area (Å²) in [6, 6.07) is 3.99. The topological polar surface area (TPSA) is 29.1 Å². The molecule has 0 aliphatic carbocycles. The molecule has 1 amide bonds. The van der Waals surface area contributed by atoms with Crippen LogP contribution < -0.4 is 5.32 Å². The van der Waals surface area contributed by atoms with Gasteiger partial charge in [-0.1, -0.05) is 38.7 Å². The molecule has 0 aliphatic rings. The van der Waals surface area contributed by atoms with Gasteiger partial charge in [-0.25, -0.2) is 0 Å². The first kappa shape index (κ1) is 13.2. The number of carbonyl (C=O) groups is 1. The van der Waals surface area contributed by atoms with E-state index in [9.17, 15) is 4.79 Å². The first-order valence-corrected chi connectivity index (χ1v) is 7.00. The van der Waals surface area contributed by atoms with E-state index in [2.05, 4.69) is 12.2 Å². The quantitative estimate of drug-likeness (QED) is 0.692. The van der Waals surface area contributed by atoms with Gasteiger partial charge < -0.3 is 5.32 Å². The third kappa shape index (κ3) is 5.91. The first-order chi connectivity index (χ1) is 7.83. The van der Waals surface area contributed by atoms with Gasteiger partial charge >= 0.3 is 0 Å². The van der Waals surface area contributed by atoms with Crippen LogP contribution in [0, 0.1) is 0 Å². The molecule has 1 rings (SSSR count). The molecule has 0 saturated carbocycles. The third-order valence-electron chi connectivity index (χ3n) is 2.52. The average molecular weight is 239 g/mol. The van der Waals surface area contributed by atoms with Gasteiger partial charge in [0.1, 0.15) is 0 Å². The van der Waals surface area contributed by atoms with Gasteiger partial charge in [-0.15, -0.1) is 11.3 Å². The van der Waals surface area contributed by atoms with Gasteiger partial charge in [-0.2, -0.15) is 0 Å². The van der Waals surface area contributed by atoms with Gasteiger partial charge in [-0.05, 0) is 17.9 Å². The maximum absolute atomic E-state index is 11.5. The zero-order valence-electron chi connectivity index (χ0n) is 10.00. The van der Waals surface area contributed by atoms with Crippen LogP contribution >= 0.6 is 11.3 Å². The molecule has 90 valence electrons. The van der Waals surface area contributed by atoms with Crippen LogP contribution in [0.3, 0.4) is 0 Å². The minimum atomic E-state index is 0.151. The van der Waals surface area contributed by atoms with Crippen molar-refractivity contribution in [3.05, 3.63) is 22.4 Å². The lowest BCUT2D eigenvalue weighted by molar-refractivity contribution is -0.120. The van der Waals surface area contributed by atoms with Gasteiger partial charge in [0.15, 0.2) is 0 Å². The molecule has 0 aliphatic heterocycles. The Morgan fingerprint density at radius 1 is 1.31 bits per heavy atom. The average Bonchev–Trinajstić information content (AvgIpc) is 2.76. The minimum absolute atomic E-state index is 0.151. The van der Waals surface area contributed by atoms with Crippen molar-refractivity contribution < 1.29 is 4.79 Å². The summed E-state index contributed by atoms with van der Waals surface area (Å²) < 4.78 is 0. The molecule has 1 N–H and O–H groups in total. The Balaban J connectivity index is 1.98. The summed E-state index contributed by atoms with van der Waals surface area (Å²) >= 11 is 1.64. The first-order valence-electron chi connectivity index (χ1n) is 6.12. The fourth-order valence-corrected chi connectivity index (χ4v) is 2.29. The molecule has 0 saturated heterocycles. The second kappa shape index (κ2) is 8.34. The molecule has 0 aromatic carbocycles. The monoisotopic (exact) mass is 239 g/mol. The Kier molecular flexibility index (Phi) is 6.90. The number of thiophene rings is 1. The maximum Gasteiger partial charge on any atom is 0.225 e. The zero-order valence-corrected chi connectivity index (χ0v) is 10.8. The van der Waals surface area contributed by atoms with Crippen LogP contribution in [0.1, 0.15) is 43.9 Å². The van der Waals surface area contributed by atoms with Gasteiger partial charge in [0.25, 0.3) is 0 Å².